The molecule has 0 amide bonds. The second-order valence-electron chi connectivity index (χ2n) is 5.63. The van der Waals surface area contributed by atoms with Crippen molar-refractivity contribution in [2.45, 2.75) is 32.2 Å². The summed E-state index contributed by atoms with van der Waals surface area (Å²) in [5, 5.41) is 3.42. The maximum absolute atomic E-state index is 12.9. The molecule has 1 N–H and O–H groups in total. The zero-order valence-corrected chi connectivity index (χ0v) is 11.5. The van der Waals surface area contributed by atoms with Crippen LogP contribution >= 0.6 is 0 Å². The topological polar surface area (TPSA) is 34.0 Å². The molecule has 1 aromatic heterocycles. The van der Waals surface area contributed by atoms with Crippen LogP contribution in [0.1, 0.15) is 24.1 Å². The first-order chi connectivity index (χ1) is 9.86. The van der Waals surface area contributed by atoms with Gasteiger partial charge in [-0.25, -0.2) is 0 Å². The first-order valence-electron chi connectivity index (χ1n) is 7.44. The fraction of sp³-hybridized carbons (Fsp3) is 0.353. The quantitative estimate of drug-likeness (QED) is 0.861. The largest absolute Gasteiger partial charge is 0.369 e. The predicted octanol–water partition coefficient (Wildman–Crippen LogP) is 2.82. The number of nitrogens with zero attached hydrogens (tertiary/aromatic N) is 1. The van der Waals surface area contributed by atoms with Crippen LogP contribution in [0.4, 0.5) is 5.82 Å². The van der Waals surface area contributed by atoms with Crippen molar-refractivity contribution in [1.29, 1.82) is 0 Å². The Labute approximate surface area is 118 Å². The molecule has 0 saturated heterocycles. The summed E-state index contributed by atoms with van der Waals surface area (Å²) in [4.78, 5) is 12.9. The van der Waals surface area contributed by atoms with Gasteiger partial charge in [0.05, 0.1) is 5.56 Å². The maximum atomic E-state index is 12.9. The molecule has 3 heteroatoms. The van der Waals surface area contributed by atoms with Gasteiger partial charge in [-0.15, -0.1) is 0 Å². The van der Waals surface area contributed by atoms with E-state index in [1.54, 1.807) is 0 Å². The highest BCUT2D eigenvalue weighted by atomic mass is 16.1. The Morgan fingerprint density at radius 1 is 1.05 bits per heavy atom. The summed E-state index contributed by atoms with van der Waals surface area (Å²) in [6.45, 7) is 1.91. The highest BCUT2D eigenvalue weighted by Gasteiger charge is 2.26. The third-order valence-electron chi connectivity index (χ3n) is 4.46. The molecule has 0 fully saturated rings. The molecule has 102 valence electrons. The lowest BCUT2D eigenvalue weighted by atomic mass is 9.92. The first-order valence-corrected chi connectivity index (χ1v) is 7.44. The van der Waals surface area contributed by atoms with E-state index in [0.29, 0.717) is 0 Å². The highest BCUT2D eigenvalue weighted by Crippen LogP contribution is 2.32. The fourth-order valence-electron chi connectivity index (χ4n) is 3.55. The second kappa shape index (κ2) is 4.51. The van der Waals surface area contributed by atoms with Crippen LogP contribution in [0.5, 0.6) is 0 Å². The maximum Gasteiger partial charge on any atom is 0.195 e. The van der Waals surface area contributed by atoms with Crippen molar-refractivity contribution < 1.29 is 0 Å². The fourth-order valence-corrected chi connectivity index (χ4v) is 3.55. The number of rotatable bonds is 1. The number of nitrogens with one attached hydrogen (secondary N) is 1. The third kappa shape index (κ3) is 1.62. The van der Waals surface area contributed by atoms with Crippen LogP contribution in [-0.2, 0) is 19.4 Å². The molecule has 0 spiro atoms. The minimum Gasteiger partial charge on any atom is -0.369 e. The van der Waals surface area contributed by atoms with Crippen LogP contribution in [0.15, 0.2) is 35.1 Å². The molecule has 0 unspecified atom stereocenters. The van der Waals surface area contributed by atoms with E-state index in [1.807, 2.05) is 30.3 Å². The molecule has 4 rings (SSSR count). The van der Waals surface area contributed by atoms with Gasteiger partial charge in [0.15, 0.2) is 5.43 Å². The van der Waals surface area contributed by atoms with Crippen molar-refractivity contribution in [2.24, 2.45) is 0 Å². The molecule has 20 heavy (non-hydrogen) atoms. The highest BCUT2D eigenvalue weighted by molar-refractivity contribution is 5.77. The molecule has 1 aliphatic heterocycles. The summed E-state index contributed by atoms with van der Waals surface area (Å²) in [6.07, 6.45) is 4.34. The Bertz CT molecular complexity index is 716. The van der Waals surface area contributed by atoms with E-state index in [-0.39, 0.29) is 5.43 Å². The lowest BCUT2D eigenvalue weighted by Gasteiger charge is -2.22. The normalized spacial score (nSPS) is 16.4. The van der Waals surface area contributed by atoms with E-state index in [9.17, 15) is 4.79 Å². The van der Waals surface area contributed by atoms with Crippen molar-refractivity contribution >= 4 is 5.82 Å². The van der Waals surface area contributed by atoms with Crippen LogP contribution in [-0.4, -0.2) is 11.1 Å². The van der Waals surface area contributed by atoms with Crippen LogP contribution in [0.2, 0.25) is 0 Å². The van der Waals surface area contributed by atoms with Crippen LogP contribution in [0.3, 0.4) is 0 Å². The number of pyridine rings is 1. The average molecular weight is 266 g/mol. The van der Waals surface area contributed by atoms with Gasteiger partial charge in [0.2, 0.25) is 0 Å². The summed E-state index contributed by atoms with van der Waals surface area (Å²) in [5.74, 6) is 1.03. The Hall–Kier alpha value is -2.03. The smallest absolute Gasteiger partial charge is 0.195 e. The van der Waals surface area contributed by atoms with Crippen molar-refractivity contribution in [1.82, 2.24) is 4.57 Å². The van der Waals surface area contributed by atoms with Gasteiger partial charge in [0.1, 0.15) is 5.82 Å². The number of aromatic nitrogens is 1. The minimum atomic E-state index is 0.242. The van der Waals surface area contributed by atoms with E-state index in [1.165, 1.54) is 12.1 Å². The lowest BCUT2D eigenvalue weighted by molar-refractivity contribution is 0.616. The molecular weight excluding hydrogens is 248 g/mol. The van der Waals surface area contributed by atoms with Gasteiger partial charge in [-0.2, -0.15) is 0 Å². The number of hydrogen-bond acceptors (Lipinski definition) is 2. The SMILES string of the molecule is O=c1c2c(n3c(c1-c1ccccc1)NCC3)CCCC2. The molecule has 2 heterocycles. The van der Waals surface area contributed by atoms with E-state index in [0.717, 1.165) is 54.9 Å². The zero-order valence-electron chi connectivity index (χ0n) is 11.5. The van der Waals surface area contributed by atoms with E-state index in [2.05, 4.69) is 9.88 Å². The average Bonchev–Trinajstić information content (AvgIpc) is 2.98. The van der Waals surface area contributed by atoms with E-state index in [4.69, 9.17) is 0 Å². The number of anilines is 1. The standard InChI is InChI=1S/C17H18N2O/c20-16-13-8-4-5-9-14(13)19-11-10-18-17(19)15(16)12-6-2-1-3-7-12/h1-3,6-7,18H,4-5,8-11H2. The Morgan fingerprint density at radius 2 is 1.85 bits per heavy atom. The van der Waals surface area contributed by atoms with Gasteiger partial charge in [0, 0.05) is 24.3 Å². The Balaban J connectivity index is 2.05. The minimum absolute atomic E-state index is 0.242. The Morgan fingerprint density at radius 3 is 2.70 bits per heavy atom. The van der Waals surface area contributed by atoms with Crippen LogP contribution in [0.25, 0.3) is 11.1 Å². The number of fused-ring (bicyclic) bond motifs is 3. The van der Waals surface area contributed by atoms with Gasteiger partial charge < -0.3 is 9.88 Å². The molecule has 1 aliphatic carbocycles. The van der Waals surface area contributed by atoms with Crippen LogP contribution < -0.4 is 10.7 Å². The summed E-state index contributed by atoms with van der Waals surface area (Å²) < 4.78 is 2.35. The predicted molar refractivity (Wildman–Crippen MR) is 81.3 cm³/mol. The van der Waals surface area contributed by atoms with Gasteiger partial charge >= 0.3 is 0 Å². The lowest BCUT2D eigenvalue weighted by Crippen LogP contribution is -2.23. The van der Waals surface area contributed by atoms with E-state index >= 15 is 0 Å². The third-order valence-corrected chi connectivity index (χ3v) is 4.46. The summed E-state index contributed by atoms with van der Waals surface area (Å²) in [7, 11) is 0. The molecule has 2 aromatic rings. The molecule has 0 radical (unpaired) electrons. The number of benzene rings is 1. The molecule has 0 saturated carbocycles. The zero-order chi connectivity index (χ0) is 13.5. The first kappa shape index (κ1) is 11.8. The van der Waals surface area contributed by atoms with Gasteiger partial charge in [-0.3, -0.25) is 4.79 Å². The summed E-state index contributed by atoms with van der Waals surface area (Å²) in [6, 6.07) is 10.1. The van der Waals surface area contributed by atoms with Crippen molar-refractivity contribution in [2.75, 3.05) is 11.9 Å². The number of hydrogen-bond donors (Lipinski definition) is 1. The van der Waals surface area contributed by atoms with E-state index < -0.39 is 0 Å². The van der Waals surface area contributed by atoms with Gasteiger partial charge in [0.25, 0.3) is 0 Å². The van der Waals surface area contributed by atoms with Crippen molar-refractivity contribution in [3.8, 4) is 11.1 Å². The molecule has 1 aromatic carbocycles. The van der Waals surface area contributed by atoms with Crippen LogP contribution in [0, 0.1) is 0 Å². The Kier molecular flexibility index (Phi) is 2.66. The molecule has 0 atom stereocenters. The molecular formula is C17H18N2O. The van der Waals surface area contributed by atoms with Crippen molar-refractivity contribution in [3.05, 3.63) is 51.8 Å². The van der Waals surface area contributed by atoms with Gasteiger partial charge in [-0.1, -0.05) is 30.3 Å². The summed E-state index contributed by atoms with van der Waals surface area (Å²) in [5.41, 5.74) is 4.47. The molecule has 0 bridgehead atoms. The van der Waals surface area contributed by atoms with Crippen molar-refractivity contribution in [3.63, 3.8) is 0 Å². The second-order valence-corrected chi connectivity index (χ2v) is 5.63. The van der Waals surface area contributed by atoms with Gasteiger partial charge in [-0.05, 0) is 31.2 Å². The monoisotopic (exact) mass is 266 g/mol. The molecule has 3 nitrogen and oxygen atoms in total. The summed E-state index contributed by atoms with van der Waals surface area (Å²) >= 11 is 0. The molecule has 2 aliphatic rings.